The maximum Gasteiger partial charge on any atom is 0.253 e. The molecule has 4 nitrogen and oxygen atoms in total. The van der Waals surface area contributed by atoms with Gasteiger partial charge in [0.2, 0.25) is 0 Å². The molecule has 0 saturated carbocycles. The number of rotatable bonds is 3. The summed E-state index contributed by atoms with van der Waals surface area (Å²) in [7, 11) is 1.86. The van der Waals surface area contributed by atoms with Gasteiger partial charge >= 0.3 is 0 Å². The van der Waals surface area contributed by atoms with E-state index in [0.717, 1.165) is 11.3 Å². The quantitative estimate of drug-likeness (QED) is 0.855. The summed E-state index contributed by atoms with van der Waals surface area (Å²) in [6.07, 6.45) is 1.74. The second kappa shape index (κ2) is 5.67. The zero-order chi connectivity index (χ0) is 14.0. The zero-order valence-corrected chi connectivity index (χ0v) is 12.3. The molecule has 2 rings (SSSR count). The van der Waals surface area contributed by atoms with Gasteiger partial charge in [-0.3, -0.25) is 9.48 Å². The second-order valence-electron chi connectivity index (χ2n) is 4.23. The average Bonchev–Trinajstić information content (AvgIpc) is 2.70. The third-order valence-corrected chi connectivity index (χ3v) is 3.58. The Balaban J connectivity index is 2.09. The first-order valence-electron chi connectivity index (χ1n) is 5.73. The first-order chi connectivity index (χ1) is 8.99. The van der Waals surface area contributed by atoms with Gasteiger partial charge in [0.15, 0.2) is 0 Å². The Morgan fingerprint density at radius 2 is 2.26 bits per heavy atom. The van der Waals surface area contributed by atoms with E-state index in [1.807, 2.05) is 14.0 Å². The van der Waals surface area contributed by atoms with E-state index in [4.69, 9.17) is 11.6 Å². The number of aryl methyl sites for hydroxylation is 1. The SMILES string of the molecule is Cc1c(CNC(=O)c2cc(S)ccc2Cl)cnn1C. The molecule has 0 aliphatic carbocycles. The molecule has 2 aromatic rings. The molecule has 0 spiro atoms. The van der Waals surface area contributed by atoms with E-state index < -0.39 is 0 Å². The van der Waals surface area contributed by atoms with E-state index in [9.17, 15) is 4.79 Å². The smallest absolute Gasteiger partial charge is 0.253 e. The normalized spacial score (nSPS) is 10.5. The van der Waals surface area contributed by atoms with Gasteiger partial charge in [0.05, 0.1) is 16.8 Å². The number of hydrogen-bond donors (Lipinski definition) is 2. The number of carbonyl (C=O) groups excluding carboxylic acids is 1. The molecule has 0 fully saturated rings. The first-order valence-corrected chi connectivity index (χ1v) is 6.55. The van der Waals surface area contributed by atoms with Crippen LogP contribution in [0.1, 0.15) is 21.6 Å². The van der Waals surface area contributed by atoms with Crippen LogP contribution in [0.3, 0.4) is 0 Å². The lowest BCUT2D eigenvalue weighted by atomic mass is 10.2. The maximum atomic E-state index is 12.1. The van der Waals surface area contributed by atoms with Crippen molar-refractivity contribution in [1.29, 1.82) is 0 Å². The molecule has 1 heterocycles. The van der Waals surface area contributed by atoms with Crippen molar-refractivity contribution in [3.05, 3.63) is 46.2 Å². The van der Waals surface area contributed by atoms with Gasteiger partial charge in [-0.2, -0.15) is 5.10 Å². The Bertz CT molecular complexity index is 624. The Labute approximate surface area is 122 Å². The summed E-state index contributed by atoms with van der Waals surface area (Å²) in [6, 6.07) is 5.05. The van der Waals surface area contributed by atoms with E-state index in [2.05, 4.69) is 23.0 Å². The van der Waals surface area contributed by atoms with Gasteiger partial charge in [-0.05, 0) is 25.1 Å². The lowest BCUT2D eigenvalue weighted by molar-refractivity contribution is 0.0951. The molecule has 100 valence electrons. The van der Waals surface area contributed by atoms with Crippen molar-refractivity contribution >= 4 is 30.1 Å². The number of thiol groups is 1. The van der Waals surface area contributed by atoms with E-state index in [1.54, 1.807) is 29.1 Å². The average molecular weight is 296 g/mol. The lowest BCUT2D eigenvalue weighted by Gasteiger charge is -2.07. The molecule has 1 N–H and O–H groups in total. The summed E-state index contributed by atoms with van der Waals surface area (Å²) in [6.45, 7) is 2.38. The summed E-state index contributed by atoms with van der Waals surface area (Å²) in [5, 5.41) is 7.37. The molecular formula is C13H14ClN3OS. The van der Waals surface area contributed by atoms with Crippen molar-refractivity contribution in [3.8, 4) is 0 Å². The minimum absolute atomic E-state index is 0.218. The molecule has 19 heavy (non-hydrogen) atoms. The minimum atomic E-state index is -0.218. The van der Waals surface area contributed by atoms with Gasteiger partial charge in [0.25, 0.3) is 5.91 Å². The fourth-order valence-electron chi connectivity index (χ4n) is 1.68. The van der Waals surface area contributed by atoms with Crippen LogP contribution in [0.5, 0.6) is 0 Å². The van der Waals surface area contributed by atoms with Gasteiger partial charge in [-0.1, -0.05) is 11.6 Å². The fraction of sp³-hybridized carbons (Fsp3) is 0.231. The molecule has 0 aliphatic rings. The number of benzene rings is 1. The third-order valence-electron chi connectivity index (χ3n) is 2.97. The lowest BCUT2D eigenvalue weighted by Crippen LogP contribution is -2.23. The number of carbonyl (C=O) groups is 1. The molecule has 0 aliphatic heterocycles. The topological polar surface area (TPSA) is 46.9 Å². The van der Waals surface area contributed by atoms with Gasteiger partial charge in [0.1, 0.15) is 0 Å². The molecule has 1 aromatic heterocycles. The van der Waals surface area contributed by atoms with Crippen LogP contribution in [0.2, 0.25) is 5.02 Å². The Morgan fingerprint density at radius 1 is 1.53 bits per heavy atom. The molecule has 0 bridgehead atoms. The van der Waals surface area contributed by atoms with Crippen molar-refractivity contribution in [2.45, 2.75) is 18.4 Å². The highest BCUT2D eigenvalue weighted by atomic mass is 35.5. The Morgan fingerprint density at radius 3 is 2.89 bits per heavy atom. The van der Waals surface area contributed by atoms with E-state index >= 15 is 0 Å². The number of hydrogen-bond acceptors (Lipinski definition) is 3. The van der Waals surface area contributed by atoms with Crippen molar-refractivity contribution < 1.29 is 4.79 Å². The Kier molecular flexibility index (Phi) is 4.17. The number of nitrogens with one attached hydrogen (secondary N) is 1. The van der Waals surface area contributed by atoms with Crippen LogP contribution in [0.25, 0.3) is 0 Å². The van der Waals surface area contributed by atoms with Crippen LogP contribution >= 0.6 is 24.2 Å². The summed E-state index contributed by atoms with van der Waals surface area (Å²) < 4.78 is 1.77. The van der Waals surface area contributed by atoms with Crippen molar-refractivity contribution in [2.24, 2.45) is 7.05 Å². The third kappa shape index (κ3) is 3.11. The predicted octanol–water partition coefficient (Wildman–Crippen LogP) is 2.60. The van der Waals surface area contributed by atoms with Crippen molar-refractivity contribution in [1.82, 2.24) is 15.1 Å². The fourth-order valence-corrected chi connectivity index (χ4v) is 2.08. The predicted molar refractivity (Wildman–Crippen MR) is 77.8 cm³/mol. The molecule has 0 atom stereocenters. The molecule has 0 saturated heterocycles. The van der Waals surface area contributed by atoms with Gasteiger partial charge < -0.3 is 5.32 Å². The monoisotopic (exact) mass is 295 g/mol. The summed E-state index contributed by atoms with van der Waals surface area (Å²) in [5.74, 6) is -0.218. The second-order valence-corrected chi connectivity index (χ2v) is 5.15. The van der Waals surface area contributed by atoms with E-state index in [1.165, 1.54) is 0 Å². The van der Waals surface area contributed by atoms with Crippen LogP contribution in [-0.4, -0.2) is 15.7 Å². The highest BCUT2D eigenvalue weighted by molar-refractivity contribution is 7.80. The summed E-state index contributed by atoms with van der Waals surface area (Å²) >= 11 is 10.2. The summed E-state index contributed by atoms with van der Waals surface area (Å²) in [4.78, 5) is 12.8. The van der Waals surface area contributed by atoms with Crippen LogP contribution in [0, 0.1) is 6.92 Å². The molecule has 0 radical (unpaired) electrons. The number of halogens is 1. The van der Waals surface area contributed by atoms with Crippen LogP contribution in [0.4, 0.5) is 0 Å². The molecular weight excluding hydrogens is 282 g/mol. The standard InChI is InChI=1S/C13H14ClN3OS/c1-8-9(7-16-17(8)2)6-15-13(18)11-5-10(19)3-4-12(11)14/h3-5,7,19H,6H2,1-2H3,(H,15,18). The molecule has 1 amide bonds. The van der Waals surface area contributed by atoms with E-state index in [0.29, 0.717) is 22.0 Å². The van der Waals surface area contributed by atoms with Gasteiger partial charge in [-0.25, -0.2) is 0 Å². The van der Waals surface area contributed by atoms with Crippen molar-refractivity contribution in [2.75, 3.05) is 0 Å². The number of aromatic nitrogens is 2. The van der Waals surface area contributed by atoms with Crippen LogP contribution in [0.15, 0.2) is 29.3 Å². The minimum Gasteiger partial charge on any atom is -0.348 e. The van der Waals surface area contributed by atoms with Gasteiger partial charge in [-0.15, -0.1) is 12.6 Å². The van der Waals surface area contributed by atoms with Gasteiger partial charge in [0, 0.05) is 29.7 Å². The largest absolute Gasteiger partial charge is 0.348 e. The first kappa shape index (κ1) is 14.0. The molecule has 6 heteroatoms. The van der Waals surface area contributed by atoms with E-state index in [-0.39, 0.29) is 5.91 Å². The highest BCUT2D eigenvalue weighted by Gasteiger charge is 2.11. The van der Waals surface area contributed by atoms with Crippen LogP contribution < -0.4 is 5.32 Å². The number of amides is 1. The summed E-state index contributed by atoms with van der Waals surface area (Å²) in [5.41, 5.74) is 2.43. The molecule has 1 aromatic carbocycles. The Hall–Kier alpha value is -1.46. The van der Waals surface area contributed by atoms with Crippen molar-refractivity contribution in [3.63, 3.8) is 0 Å². The zero-order valence-electron chi connectivity index (χ0n) is 10.6. The number of nitrogens with zero attached hydrogens (tertiary/aromatic N) is 2. The maximum absolute atomic E-state index is 12.1. The highest BCUT2D eigenvalue weighted by Crippen LogP contribution is 2.19. The van der Waals surface area contributed by atoms with Crippen LogP contribution in [-0.2, 0) is 13.6 Å². The molecule has 0 unspecified atom stereocenters.